The fourth-order valence-corrected chi connectivity index (χ4v) is 4.82. The Kier molecular flexibility index (Phi) is 3.13. The summed E-state index contributed by atoms with van der Waals surface area (Å²) in [6, 6.07) is 9.33. The molecule has 1 N–H and O–H groups in total. The Morgan fingerprint density at radius 3 is 2.96 bits per heavy atom. The lowest BCUT2D eigenvalue weighted by molar-refractivity contribution is -0.149. The highest BCUT2D eigenvalue weighted by atomic mass is 16.7. The summed E-state index contributed by atoms with van der Waals surface area (Å²) in [5.74, 6) is 1.03. The van der Waals surface area contributed by atoms with Crippen molar-refractivity contribution in [2.45, 2.75) is 24.9 Å². The van der Waals surface area contributed by atoms with E-state index < -0.39 is 5.60 Å². The summed E-state index contributed by atoms with van der Waals surface area (Å²) < 4.78 is 0. The fraction of sp³-hybridized carbons (Fsp3) is 0.368. The highest BCUT2D eigenvalue weighted by Gasteiger charge is 2.69. The maximum atomic E-state index is 13.2. The fourth-order valence-electron chi connectivity index (χ4n) is 4.82. The largest absolute Gasteiger partial charge is 0.378 e. The van der Waals surface area contributed by atoms with Gasteiger partial charge in [0.25, 0.3) is 5.91 Å². The van der Waals surface area contributed by atoms with Crippen molar-refractivity contribution in [2.75, 3.05) is 5.32 Å². The third-order valence-electron chi connectivity index (χ3n) is 5.82. The maximum absolute atomic E-state index is 13.2. The molecule has 5 rings (SSSR count). The predicted molar refractivity (Wildman–Crippen MR) is 91.8 cm³/mol. The average molecular weight is 334 g/mol. The quantitative estimate of drug-likeness (QED) is 0.936. The number of carbonyl (C=O) groups is 1. The highest BCUT2D eigenvalue weighted by molar-refractivity contribution is 6.10. The smallest absolute Gasteiger partial charge is 0.273 e. The number of carbonyl (C=O) groups excluding carboxylic acids is 1. The molecule has 2 aromatic heterocycles. The first kappa shape index (κ1) is 14.6. The number of oxime groups is 1. The van der Waals surface area contributed by atoms with Crippen molar-refractivity contribution < 1.29 is 9.63 Å². The van der Waals surface area contributed by atoms with Crippen LogP contribution in [0, 0.1) is 17.8 Å². The van der Waals surface area contributed by atoms with Gasteiger partial charge in [-0.25, -0.2) is 4.98 Å². The van der Waals surface area contributed by atoms with Gasteiger partial charge in [0.05, 0.1) is 11.6 Å². The minimum absolute atomic E-state index is 0.0147. The number of rotatable bonds is 3. The Balaban J connectivity index is 1.51. The maximum Gasteiger partial charge on any atom is 0.273 e. The van der Waals surface area contributed by atoms with E-state index in [0.717, 1.165) is 30.5 Å². The molecule has 6 nitrogen and oxygen atoms in total. The molecule has 6 heteroatoms. The van der Waals surface area contributed by atoms with Crippen LogP contribution < -0.4 is 5.32 Å². The van der Waals surface area contributed by atoms with Gasteiger partial charge in [0, 0.05) is 30.1 Å². The van der Waals surface area contributed by atoms with Gasteiger partial charge in [-0.3, -0.25) is 9.78 Å². The normalized spacial score (nSPS) is 32.0. The van der Waals surface area contributed by atoms with Crippen molar-refractivity contribution >= 4 is 17.4 Å². The van der Waals surface area contributed by atoms with E-state index in [-0.39, 0.29) is 17.7 Å². The Morgan fingerprint density at radius 2 is 2.16 bits per heavy atom. The third kappa shape index (κ3) is 2.03. The molecule has 0 saturated heterocycles. The lowest BCUT2D eigenvalue weighted by atomic mass is 9.72. The summed E-state index contributed by atoms with van der Waals surface area (Å²) in [5.41, 5.74) is 0.884. The first-order chi connectivity index (χ1) is 12.3. The van der Waals surface area contributed by atoms with Crippen molar-refractivity contribution in [2.24, 2.45) is 22.9 Å². The molecule has 2 saturated carbocycles. The van der Waals surface area contributed by atoms with Crippen LogP contribution in [-0.4, -0.2) is 27.2 Å². The number of anilines is 1. The van der Waals surface area contributed by atoms with Crippen LogP contribution in [0.1, 0.15) is 24.8 Å². The van der Waals surface area contributed by atoms with Crippen LogP contribution >= 0.6 is 0 Å². The molecule has 2 aromatic rings. The van der Waals surface area contributed by atoms with Crippen LogP contribution in [0.5, 0.6) is 0 Å². The molecule has 126 valence electrons. The van der Waals surface area contributed by atoms with Crippen molar-refractivity contribution in [1.29, 1.82) is 0 Å². The van der Waals surface area contributed by atoms with Crippen LogP contribution in [0.15, 0.2) is 54.1 Å². The van der Waals surface area contributed by atoms with E-state index in [1.165, 1.54) is 0 Å². The molecular formula is C19H18N4O2. The van der Waals surface area contributed by atoms with Crippen LogP contribution in [0.3, 0.4) is 0 Å². The second-order valence-electron chi connectivity index (χ2n) is 7.02. The summed E-state index contributed by atoms with van der Waals surface area (Å²) in [5, 5.41) is 7.30. The van der Waals surface area contributed by atoms with Gasteiger partial charge in [0.15, 0.2) is 0 Å². The Labute approximate surface area is 145 Å². The minimum atomic E-state index is -0.911. The number of amides is 1. The number of hydrogen-bond donors (Lipinski definition) is 1. The van der Waals surface area contributed by atoms with Gasteiger partial charge in [-0.1, -0.05) is 11.2 Å². The zero-order chi connectivity index (χ0) is 16.9. The molecule has 1 aliphatic heterocycles. The lowest BCUT2D eigenvalue weighted by Crippen LogP contribution is -2.53. The van der Waals surface area contributed by atoms with Crippen LogP contribution in [0.4, 0.5) is 5.82 Å². The summed E-state index contributed by atoms with van der Waals surface area (Å²) in [6.45, 7) is 0. The van der Waals surface area contributed by atoms with Gasteiger partial charge >= 0.3 is 0 Å². The Bertz CT molecular complexity index is 839. The van der Waals surface area contributed by atoms with Gasteiger partial charge in [-0.2, -0.15) is 0 Å². The van der Waals surface area contributed by atoms with Gasteiger partial charge < -0.3 is 10.2 Å². The van der Waals surface area contributed by atoms with Gasteiger partial charge in [-0.05, 0) is 49.4 Å². The molecule has 4 unspecified atom stereocenters. The molecule has 0 radical (unpaired) electrons. The van der Waals surface area contributed by atoms with E-state index in [2.05, 4.69) is 20.4 Å². The van der Waals surface area contributed by atoms with E-state index in [9.17, 15) is 4.79 Å². The summed E-state index contributed by atoms with van der Waals surface area (Å²) in [6.07, 6.45) is 8.34. The van der Waals surface area contributed by atoms with Crippen LogP contribution in [-0.2, 0) is 9.63 Å². The second kappa shape index (κ2) is 5.37. The second-order valence-corrected chi connectivity index (χ2v) is 7.02. The standard InChI is InChI=1S/C19H18N4O2/c24-18(22-15-5-1-2-9-21-15)19-14-7-6-12(10-14)16(19)17(23-25-19)13-4-3-8-20-11-13/h1-5,8-9,11-12,14,16H,6-7,10H2,(H,21,22,24). The molecule has 0 aromatic carbocycles. The number of hydrogen-bond acceptors (Lipinski definition) is 5. The van der Waals surface area contributed by atoms with E-state index in [1.54, 1.807) is 24.7 Å². The molecule has 2 aliphatic carbocycles. The molecule has 2 fully saturated rings. The SMILES string of the molecule is O=C(Nc1ccccn1)C12ON=C(c3cccnc3)C1C1CCC2C1. The Morgan fingerprint density at radius 1 is 1.20 bits per heavy atom. The topological polar surface area (TPSA) is 76.5 Å². The monoisotopic (exact) mass is 334 g/mol. The first-order valence-corrected chi connectivity index (χ1v) is 8.68. The van der Waals surface area contributed by atoms with E-state index >= 15 is 0 Å². The molecule has 1 amide bonds. The Hall–Kier alpha value is -2.76. The van der Waals surface area contributed by atoms with Gasteiger partial charge in [0.2, 0.25) is 5.60 Å². The number of pyridine rings is 2. The first-order valence-electron chi connectivity index (χ1n) is 8.68. The van der Waals surface area contributed by atoms with Crippen LogP contribution in [0.25, 0.3) is 0 Å². The molecule has 0 spiro atoms. The number of nitrogens with one attached hydrogen (secondary N) is 1. The van der Waals surface area contributed by atoms with Gasteiger partial charge in [-0.15, -0.1) is 0 Å². The molecule has 2 bridgehead atoms. The summed E-state index contributed by atoms with van der Waals surface area (Å²) in [7, 11) is 0. The molecular weight excluding hydrogens is 316 g/mol. The summed E-state index contributed by atoms with van der Waals surface area (Å²) >= 11 is 0. The number of fused-ring (bicyclic) bond motifs is 5. The van der Waals surface area contributed by atoms with Crippen molar-refractivity contribution in [3.63, 3.8) is 0 Å². The molecule has 3 aliphatic rings. The number of aromatic nitrogens is 2. The zero-order valence-corrected chi connectivity index (χ0v) is 13.6. The molecule has 4 atom stereocenters. The predicted octanol–water partition coefficient (Wildman–Crippen LogP) is 2.63. The lowest BCUT2D eigenvalue weighted by Gasteiger charge is -2.35. The van der Waals surface area contributed by atoms with E-state index in [0.29, 0.717) is 11.7 Å². The highest BCUT2D eigenvalue weighted by Crippen LogP contribution is 2.60. The van der Waals surface area contributed by atoms with Crippen molar-refractivity contribution in [1.82, 2.24) is 9.97 Å². The van der Waals surface area contributed by atoms with Crippen LogP contribution in [0.2, 0.25) is 0 Å². The zero-order valence-electron chi connectivity index (χ0n) is 13.6. The minimum Gasteiger partial charge on any atom is -0.378 e. The molecule has 25 heavy (non-hydrogen) atoms. The molecule has 3 heterocycles. The van der Waals surface area contributed by atoms with Gasteiger partial charge in [0.1, 0.15) is 5.82 Å². The third-order valence-corrected chi connectivity index (χ3v) is 5.82. The average Bonchev–Trinajstić information content (AvgIpc) is 3.35. The number of nitrogens with zero attached hydrogens (tertiary/aromatic N) is 3. The van der Waals surface area contributed by atoms with Crippen molar-refractivity contribution in [3.8, 4) is 0 Å². The van der Waals surface area contributed by atoms with Crippen molar-refractivity contribution in [3.05, 3.63) is 54.5 Å². The summed E-state index contributed by atoms with van der Waals surface area (Å²) in [4.78, 5) is 27.5. The van der Waals surface area contributed by atoms with E-state index in [4.69, 9.17) is 4.84 Å². The van der Waals surface area contributed by atoms with E-state index in [1.807, 2.05) is 24.3 Å².